The lowest BCUT2D eigenvalue weighted by Gasteiger charge is -2.06. The molecule has 6 nitrogen and oxygen atoms in total. The number of ether oxygens (including phenoxy) is 1. The third-order valence-corrected chi connectivity index (χ3v) is 3.77. The van der Waals surface area contributed by atoms with Crippen molar-refractivity contribution in [3.05, 3.63) is 36.0 Å². The van der Waals surface area contributed by atoms with Gasteiger partial charge in [-0.05, 0) is 31.2 Å². The van der Waals surface area contributed by atoms with Crippen LogP contribution >= 0.6 is 21.5 Å². The second-order valence-corrected chi connectivity index (χ2v) is 5.25. The zero-order valence-electron chi connectivity index (χ0n) is 11.6. The maximum atomic E-state index is 11.4. The first kappa shape index (κ1) is 15.6. The highest BCUT2D eigenvalue weighted by atomic mass is 127. The van der Waals surface area contributed by atoms with Crippen LogP contribution in [0.2, 0.25) is 0 Å². The standard InChI is InChI=1S/C14H16IN3O3/c1-2-21-13(19)6-8-18-7-5-10-9-11(3-4-12(10)18)14(16)17-15-20/h3-5,7,9H,2,6,8H2,1H3,(H2,16,17,20). The SMILES string of the molecule is CCOC(=O)CCn1ccc2cc(C(N)=NI=O)ccc21. The van der Waals surface area contributed by atoms with Crippen molar-refractivity contribution in [2.75, 3.05) is 6.61 Å². The Labute approximate surface area is 133 Å². The molecule has 1 heterocycles. The summed E-state index contributed by atoms with van der Waals surface area (Å²) in [7, 11) is 0. The smallest absolute Gasteiger partial charge is 0.307 e. The number of rotatable bonds is 6. The fraction of sp³-hybridized carbons (Fsp3) is 0.286. The van der Waals surface area contributed by atoms with Crippen LogP contribution in [0.4, 0.5) is 0 Å². The first-order valence-electron chi connectivity index (χ1n) is 6.50. The molecule has 112 valence electrons. The van der Waals surface area contributed by atoms with Gasteiger partial charge in [0.1, 0.15) is 5.84 Å². The average Bonchev–Trinajstić information content (AvgIpc) is 2.88. The molecule has 0 bridgehead atoms. The minimum Gasteiger partial charge on any atom is -0.466 e. The third kappa shape index (κ3) is 3.87. The number of nitrogens with two attached hydrogens (primary N) is 1. The van der Waals surface area contributed by atoms with Gasteiger partial charge in [-0.25, -0.2) is 3.07 Å². The lowest BCUT2D eigenvalue weighted by molar-refractivity contribution is -0.143. The van der Waals surface area contributed by atoms with Crippen LogP contribution < -0.4 is 5.73 Å². The molecule has 0 aliphatic heterocycles. The number of hydrogen-bond donors (Lipinski definition) is 1. The minimum absolute atomic E-state index is 0.202. The van der Waals surface area contributed by atoms with E-state index in [2.05, 4.69) is 3.21 Å². The van der Waals surface area contributed by atoms with Gasteiger partial charge in [0.25, 0.3) is 21.5 Å². The highest BCUT2D eigenvalue weighted by molar-refractivity contribution is 14.1. The van der Waals surface area contributed by atoms with Gasteiger partial charge in [-0.1, -0.05) is 0 Å². The van der Waals surface area contributed by atoms with Gasteiger partial charge in [0.2, 0.25) is 0 Å². The predicted octanol–water partition coefficient (Wildman–Crippen LogP) is 2.53. The van der Waals surface area contributed by atoms with Crippen molar-refractivity contribution < 1.29 is 12.6 Å². The summed E-state index contributed by atoms with van der Waals surface area (Å²) in [6.07, 6.45) is 2.26. The van der Waals surface area contributed by atoms with Crippen LogP contribution in [0.3, 0.4) is 0 Å². The van der Waals surface area contributed by atoms with Gasteiger partial charge in [0.05, 0.1) is 13.0 Å². The minimum atomic E-state index is -1.46. The highest BCUT2D eigenvalue weighted by Crippen LogP contribution is 2.18. The summed E-state index contributed by atoms with van der Waals surface area (Å²) in [6.45, 7) is 2.76. The Bertz CT molecular complexity index is 694. The van der Waals surface area contributed by atoms with Crippen molar-refractivity contribution in [3.63, 3.8) is 0 Å². The van der Waals surface area contributed by atoms with Crippen molar-refractivity contribution in [2.24, 2.45) is 8.94 Å². The summed E-state index contributed by atoms with van der Waals surface area (Å²) in [4.78, 5) is 11.4. The van der Waals surface area contributed by atoms with Crippen LogP contribution in [0.15, 0.2) is 33.7 Å². The van der Waals surface area contributed by atoms with Gasteiger partial charge in [0, 0.05) is 29.2 Å². The number of fused-ring (bicyclic) bond motifs is 1. The fourth-order valence-corrected chi connectivity index (χ4v) is 2.58. The Balaban J connectivity index is 2.19. The molecule has 7 heteroatoms. The van der Waals surface area contributed by atoms with Crippen LogP contribution in [-0.4, -0.2) is 23.0 Å². The second kappa shape index (κ2) is 7.30. The molecule has 0 radical (unpaired) electrons. The number of nitrogens with zero attached hydrogens (tertiary/aromatic N) is 2. The van der Waals surface area contributed by atoms with E-state index in [9.17, 15) is 7.86 Å². The molecule has 0 saturated carbocycles. The average molecular weight is 401 g/mol. The summed E-state index contributed by atoms with van der Waals surface area (Å²) in [5.41, 5.74) is 7.50. The molecule has 0 aliphatic rings. The zero-order valence-corrected chi connectivity index (χ0v) is 13.7. The molecule has 0 amide bonds. The number of carbonyl (C=O) groups is 1. The Morgan fingerprint density at radius 1 is 1.43 bits per heavy atom. The Hall–Kier alpha value is -1.77. The number of carbonyl (C=O) groups excluding carboxylic acids is 1. The maximum absolute atomic E-state index is 11.4. The molecule has 0 atom stereocenters. The number of aryl methyl sites for hydroxylation is 1. The molecule has 2 N–H and O–H groups in total. The molecular formula is C14H16IN3O3. The molecule has 0 saturated heterocycles. The van der Waals surface area contributed by atoms with Crippen molar-refractivity contribution in [1.29, 1.82) is 0 Å². The van der Waals surface area contributed by atoms with E-state index in [1.165, 1.54) is 0 Å². The van der Waals surface area contributed by atoms with Crippen LogP contribution in [-0.2, 0) is 19.1 Å². The topological polar surface area (TPSA) is 86.7 Å². The van der Waals surface area contributed by atoms with E-state index < -0.39 is 21.5 Å². The number of aromatic nitrogens is 1. The van der Waals surface area contributed by atoms with Crippen LogP contribution in [0.25, 0.3) is 10.9 Å². The van der Waals surface area contributed by atoms with Gasteiger partial charge < -0.3 is 15.0 Å². The summed E-state index contributed by atoms with van der Waals surface area (Å²) >= 11 is -1.46. The zero-order chi connectivity index (χ0) is 15.2. The molecule has 0 spiro atoms. The lowest BCUT2D eigenvalue weighted by atomic mass is 10.1. The van der Waals surface area contributed by atoms with E-state index in [1.807, 2.05) is 35.0 Å². The molecule has 1 aromatic carbocycles. The van der Waals surface area contributed by atoms with E-state index >= 15 is 0 Å². The van der Waals surface area contributed by atoms with Crippen molar-refractivity contribution in [3.8, 4) is 0 Å². The summed E-state index contributed by atoms with van der Waals surface area (Å²) < 4.78 is 21.3. The van der Waals surface area contributed by atoms with Crippen LogP contribution in [0, 0.1) is 0 Å². The summed E-state index contributed by atoms with van der Waals surface area (Å²) in [6, 6.07) is 7.60. The van der Waals surface area contributed by atoms with E-state index in [0.717, 1.165) is 16.5 Å². The van der Waals surface area contributed by atoms with Crippen LogP contribution in [0.1, 0.15) is 18.9 Å². The Morgan fingerprint density at radius 3 is 2.95 bits per heavy atom. The number of amidine groups is 1. The normalized spacial score (nSPS) is 11.8. The van der Waals surface area contributed by atoms with Gasteiger partial charge in [-0.15, -0.1) is 0 Å². The van der Waals surface area contributed by atoms with Crippen molar-refractivity contribution in [1.82, 2.24) is 4.57 Å². The fourth-order valence-electron chi connectivity index (χ4n) is 2.09. The van der Waals surface area contributed by atoms with Gasteiger partial charge in [-0.3, -0.25) is 4.79 Å². The number of hydrogen-bond acceptors (Lipinski definition) is 3. The molecule has 0 fully saturated rings. The van der Waals surface area contributed by atoms with E-state index in [1.54, 1.807) is 6.92 Å². The molecule has 21 heavy (non-hydrogen) atoms. The van der Waals surface area contributed by atoms with Crippen LogP contribution in [0.5, 0.6) is 0 Å². The second-order valence-electron chi connectivity index (χ2n) is 4.38. The molecule has 1 aromatic heterocycles. The van der Waals surface area contributed by atoms with Gasteiger partial charge in [-0.2, -0.15) is 3.21 Å². The van der Waals surface area contributed by atoms with E-state index in [-0.39, 0.29) is 5.97 Å². The quantitative estimate of drug-likeness (QED) is 0.349. The predicted molar refractivity (Wildman–Crippen MR) is 88.6 cm³/mol. The monoisotopic (exact) mass is 401 g/mol. The molecule has 0 aliphatic carbocycles. The highest BCUT2D eigenvalue weighted by Gasteiger charge is 2.07. The van der Waals surface area contributed by atoms with E-state index in [0.29, 0.717) is 25.4 Å². The molecule has 0 unspecified atom stereocenters. The molecule has 2 rings (SSSR count). The number of esters is 1. The number of benzene rings is 1. The lowest BCUT2D eigenvalue weighted by Crippen LogP contribution is -2.11. The van der Waals surface area contributed by atoms with Crippen molar-refractivity contribution in [2.45, 2.75) is 19.9 Å². The third-order valence-electron chi connectivity index (χ3n) is 3.05. The summed E-state index contributed by atoms with van der Waals surface area (Å²) in [5, 5.41) is 0.999. The molecule has 2 aromatic rings. The molecular weight excluding hydrogens is 385 g/mol. The maximum Gasteiger partial charge on any atom is 0.307 e. The Kier molecular flexibility index (Phi) is 5.43. The van der Waals surface area contributed by atoms with Gasteiger partial charge >= 0.3 is 5.97 Å². The largest absolute Gasteiger partial charge is 0.466 e. The Morgan fingerprint density at radius 2 is 2.24 bits per heavy atom. The van der Waals surface area contributed by atoms with E-state index in [4.69, 9.17) is 10.5 Å². The number of halogens is 1. The van der Waals surface area contributed by atoms with Gasteiger partial charge in [0.15, 0.2) is 0 Å². The first-order valence-corrected chi connectivity index (χ1v) is 8.35. The van der Waals surface area contributed by atoms with Crippen molar-refractivity contribution >= 4 is 44.2 Å². The summed E-state index contributed by atoms with van der Waals surface area (Å²) in [5.74, 6) is 0.0886. The first-order chi connectivity index (χ1) is 10.2.